The lowest BCUT2D eigenvalue weighted by Gasteiger charge is -2.07. The van der Waals surface area contributed by atoms with Crippen molar-refractivity contribution in [3.05, 3.63) is 34.9 Å². The van der Waals surface area contributed by atoms with Crippen LogP contribution in [-0.2, 0) is 6.42 Å². The van der Waals surface area contributed by atoms with Crippen molar-refractivity contribution >= 4 is 11.6 Å². The maximum absolute atomic E-state index is 11.5. The molecule has 0 saturated carbocycles. The maximum Gasteiger partial charge on any atom is 0.159 e. The molecule has 116 valence electrons. The molecule has 0 aliphatic carbocycles. The van der Waals surface area contributed by atoms with E-state index in [1.54, 1.807) is 6.07 Å². The number of aryl methyl sites for hydroxylation is 1. The van der Waals surface area contributed by atoms with E-state index in [4.69, 9.17) is 11.5 Å². The predicted octanol–water partition coefficient (Wildman–Crippen LogP) is 2.83. The van der Waals surface area contributed by atoms with Crippen LogP contribution in [0.5, 0.6) is 0 Å². The van der Waals surface area contributed by atoms with Gasteiger partial charge in [-0.2, -0.15) is 0 Å². The monoisotopic (exact) mass is 290 g/mol. The molecule has 1 rings (SSSR count). The predicted molar refractivity (Wildman–Crippen MR) is 85.4 cm³/mol. The maximum atomic E-state index is 11.5. The molecule has 0 atom stereocenters. The van der Waals surface area contributed by atoms with E-state index in [-0.39, 0.29) is 17.7 Å². The van der Waals surface area contributed by atoms with Gasteiger partial charge in [-0.1, -0.05) is 19.3 Å². The summed E-state index contributed by atoms with van der Waals surface area (Å²) in [5.74, 6) is -0.00688. The van der Waals surface area contributed by atoms with Crippen molar-refractivity contribution in [2.24, 2.45) is 11.5 Å². The zero-order valence-corrected chi connectivity index (χ0v) is 13.0. The first-order valence-electron chi connectivity index (χ1n) is 7.57. The molecule has 1 aromatic carbocycles. The molecule has 21 heavy (non-hydrogen) atoms. The van der Waals surface area contributed by atoms with E-state index in [0.717, 1.165) is 44.1 Å². The minimum Gasteiger partial charge on any atom is -0.316 e. The highest BCUT2D eigenvalue weighted by molar-refractivity contribution is 5.99. The van der Waals surface area contributed by atoms with E-state index in [1.165, 1.54) is 13.8 Å². The fourth-order valence-corrected chi connectivity index (χ4v) is 2.31. The van der Waals surface area contributed by atoms with Gasteiger partial charge >= 0.3 is 0 Å². The van der Waals surface area contributed by atoms with Gasteiger partial charge in [0.05, 0.1) is 6.17 Å². The van der Waals surface area contributed by atoms with Crippen molar-refractivity contribution in [2.45, 2.75) is 58.5 Å². The largest absolute Gasteiger partial charge is 0.316 e. The van der Waals surface area contributed by atoms with Gasteiger partial charge in [-0.25, -0.2) is 0 Å². The van der Waals surface area contributed by atoms with E-state index >= 15 is 0 Å². The Hall–Kier alpha value is -1.52. The van der Waals surface area contributed by atoms with Gasteiger partial charge in [0.25, 0.3) is 0 Å². The fraction of sp³-hybridized carbons (Fsp3) is 0.529. The molecule has 4 nitrogen and oxygen atoms in total. The Morgan fingerprint density at radius 1 is 0.905 bits per heavy atom. The third kappa shape index (κ3) is 6.65. The van der Waals surface area contributed by atoms with Gasteiger partial charge in [0, 0.05) is 11.1 Å². The first-order valence-corrected chi connectivity index (χ1v) is 7.57. The Labute approximate surface area is 126 Å². The third-order valence-electron chi connectivity index (χ3n) is 3.56. The molecule has 0 bridgehead atoms. The van der Waals surface area contributed by atoms with E-state index in [2.05, 4.69) is 0 Å². The van der Waals surface area contributed by atoms with Crippen molar-refractivity contribution in [3.8, 4) is 0 Å². The second-order valence-electron chi connectivity index (χ2n) is 5.65. The van der Waals surface area contributed by atoms with Gasteiger partial charge < -0.3 is 11.5 Å². The van der Waals surface area contributed by atoms with Crippen LogP contribution < -0.4 is 11.5 Å². The number of nitrogens with two attached hydrogens (primary N) is 2. The fourth-order valence-electron chi connectivity index (χ4n) is 2.31. The molecule has 0 radical (unpaired) electrons. The van der Waals surface area contributed by atoms with Crippen LogP contribution in [0, 0.1) is 0 Å². The highest BCUT2D eigenvalue weighted by Crippen LogP contribution is 2.15. The van der Waals surface area contributed by atoms with Crippen molar-refractivity contribution in [1.29, 1.82) is 0 Å². The lowest BCUT2D eigenvalue weighted by Crippen LogP contribution is -2.29. The van der Waals surface area contributed by atoms with E-state index in [9.17, 15) is 9.59 Å². The summed E-state index contributed by atoms with van der Waals surface area (Å²) in [5.41, 5.74) is 13.3. The Kier molecular flexibility index (Phi) is 7.26. The van der Waals surface area contributed by atoms with Crippen LogP contribution in [0.1, 0.15) is 72.2 Å². The summed E-state index contributed by atoms with van der Waals surface area (Å²) in [6.07, 6.45) is 5.83. The van der Waals surface area contributed by atoms with Crippen LogP contribution in [-0.4, -0.2) is 17.7 Å². The summed E-state index contributed by atoms with van der Waals surface area (Å²) >= 11 is 0. The number of unbranched alkanes of at least 4 members (excludes halogenated alkanes) is 3. The zero-order chi connectivity index (χ0) is 15.8. The number of carbonyl (C=O) groups is 2. The van der Waals surface area contributed by atoms with Crippen molar-refractivity contribution in [3.63, 3.8) is 0 Å². The normalized spacial score (nSPS) is 10.9. The van der Waals surface area contributed by atoms with Crippen molar-refractivity contribution in [2.75, 3.05) is 0 Å². The topological polar surface area (TPSA) is 86.2 Å². The first kappa shape index (κ1) is 17.5. The molecule has 0 aliphatic rings. The minimum absolute atomic E-state index is 0.00344. The Balaban J connectivity index is 2.54. The minimum atomic E-state index is -0.213. The van der Waals surface area contributed by atoms with Crippen molar-refractivity contribution in [1.82, 2.24) is 0 Å². The molecule has 4 N–H and O–H groups in total. The number of hydrogen-bond donors (Lipinski definition) is 2. The Morgan fingerprint density at radius 2 is 1.43 bits per heavy atom. The molecular weight excluding hydrogens is 264 g/mol. The molecule has 1 aromatic rings. The third-order valence-corrected chi connectivity index (χ3v) is 3.56. The molecule has 0 unspecified atom stereocenters. The summed E-state index contributed by atoms with van der Waals surface area (Å²) in [5, 5.41) is 0. The second kappa shape index (κ2) is 8.70. The van der Waals surface area contributed by atoms with Crippen LogP contribution in [0.4, 0.5) is 0 Å². The number of ketones is 2. The standard InChI is InChI=1S/C17H26N2O2/c1-12(20)15-9-14(10-16(11-15)13(2)21)7-5-3-4-6-8-17(18)19/h9-11,17H,3-8,18-19H2,1-2H3. The second-order valence-corrected chi connectivity index (χ2v) is 5.65. The highest BCUT2D eigenvalue weighted by atomic mass is 16.1. The average molecular weight is 290 g/mol. The van der Waals surface area contributed by atoms with Crippen LogP contribution in [0.2, 0.25) is 0 Å². The van der Waals surface area contributed by atoms with E-state index in [1.807, 2.05) is 12.1 Å². The molecule has 0 saturated heterocycles. The quantitative estimate of drug-likeness (QED) is 0.416. The van der Waals surface area contributed by atoms with Crippen LogP contribution in [0.25, 0.3) is 0 Å². The number of hydrogen-bond acceptors (Lipinski definition) is 4. The van der Waals surface area contributed by atoms with Gasteiger partial charge in [0.1, 0.15) is 0 Å². The van der Waals surface area contributed by atoms with E-state index < -0.39 is 0 Å². The number of Topliss-reactive ketones (excluding diaryl/α,β-unsaturated/α-hetero) is 2. The summed E-state index contributed by atoms with van der Waals surface area (Å²) < 4.78 is 0. The van der Waals surface area contributed by atoms with Crippen molar-refractivity contribution < 1.29 is 9.59 Å². The molecule has 0 heterocycles. The van der Waals surface area contributed by atoms with Gasteiger partial charge in [-0.15, -0.1) is 0 Å². The summed E-state index contributed by atoms with van der Waals surface area (Å²) in [4.78, 5) is 23.0. The van der Waals surface area contributed by atoms with Gasteiger partial charge in [0.2, 0.25) is 0 Å². The van der Waals surface area contributed by atoms with Crippen LogP contribution >= 0.6 is 0 Å². The molecule has 4 heteroatoms. The SMILES string of the molecule is CC(=O)c1cc(CCCCCCC(N)N)cc(C(C)=O)c1. The number of rotatable bonds is 9. The average Bonchev–Trinajstić information content (AvgIpc) is 2.41. The molecule has 0 aliphatic heterocycles. The molecule has 0 amide bonds. The van der Waals surface area contributed by atoms with E-state index in [0.29, 0.717) is 11.1 Å². The van der Waals surface area contributed by atoms with Crippen LogP contribution in [0.15, 0.2) is 18.2 Å². The van der Waals surface area contributed by atoms with Gasteiger partial charge in [-0.3, -0.25) is 9.59 Å². The van der Waals surface area contributed by atoms with Gasteiger partial charge in [-0.05, 0) is 56.9 Å². The zero-order valence-electron chi connectivity index (χ0n) is 13.0. The lowest BCUT2D eigenvalue weighted by atomic mass is 9.97. The molecule has 0 spiro atoms. The number of benzene rings is 1. The Morgan fingerprint density at radius 3 is 1.90 bits per heavy atom. The smallest absolute Gasteiger partial charge is 0.159 e. The van der Waals surface area contributed by atoms with Gasteiger partial charge in [0.15, 0.2) is 11.6 Å². The number of carbonyl (C=O) groups excluding carboxylic acids is 2. The highest BCUT2D eigenvalue weighted by Gasteiger charge is 2.08. The Bertz CT molecular complexity index is 463. The summed E-state index contributed by atoms with van der Waals surface area (Å²) in [6, 6.07) is 5.46. The molecule has 0 aromatic heterocycles. The molecule has 0 fully saturated rings. The summed E-state index contributed by atoms with van der Waals surface area (Å²) in [6.45, 7) is 3.05. The van der Waals surface area contributed by atoms with Crippen LogP contribution in [0.3, 0.4) is 0 Å². The first-order chi connectivity index (χ1) is 9.90. The summed E-state index contributed by atoms with van der Waals surface area (Å²) in [7, 11) is 0. The molecular formula is C17H26N2O2. The lowest BCUT2D eigenvalue weighted by molar-refractivity contribution is 0.101.